The van der Waals surface area contributed by atoms with Crippen molar-refractivity contribution in [2.24, 2.45) is 10.9 Å². The number of aryl methyl sites for hydroxylation is 1. The van der Waals surface area contributed by atoms with E-state index in [4.69, 9.17) is 0 Å². The van der Waals surface area contributed by atoms with Crippen LogP contribution in [0.5, 0.6) is 0 Å². The van der Waals surface area contributed by atoms with Gasteiger partial charge in [0.15, 0.2) is 11.8 Å². The highest BCUT2D eigenvalue weighted by Gasteiger charge is 2.29. The number of hydrogen-bond acceptors (Lipinski definition) is 4. The smallest absolute Gasteiger partial charge is 0.194 e. The number of hydrogen-bond donors (Lipinski definition) is 1. The van der Waals surface area contributed by atoms with E-state index in [1.54, 1.807) is 0 Å². The van der Waals surface area contributed by atoms with E-state index in [0.29, 0.717) is 18.5 Å². The Morgan fingerprint density at radius 2 is 2.19 bits per heavy atom. The quantitative estimate of drug-likeness (QED) is 0.659. The maximum absolute atomic E-state index is 4.53. The number of guanidine groups is 1. The number of nitrogens with one attached hydrogen (secondary N) is 1. The van der Waals surface area contributed by atoms with Gasteiger partial charge >= 0.3 is 0 Å². The Labute approximate surface area is 160 Å². The van der Waals surface area contributed by atoms with Crippen LogP contribution in [0.1, 0.15) is 50.3 Å². The lowest BCUT2D eigenvalue weighted by Crippen LogP contribution is -2.48. The van der Waals surface area contributed by atoms with Gasteiger partial charge in [-0.25, -0.2) is 4.98 Å². The van der Waals surface area contributed by atoms with Gasteiger partial charge in [-0.05, 0) is 25.2 Å². The van der Waals surface area contributed by atoms with E-state index >= 15 is 0 Å². The molecule has 4 heterocycles. The van der Waals surface area contributed by atoms with Crippen LogP contribution in [0.15, 0.2) is 23.7 Å². The van der Waals surface area contributed by atoms with Crippen molar-refractivity contribution in [2.75, 3.05) is 20.1 Å². The van der Waals surface area contributed by atoms with E-state index in [2.05, 4.69) is 52.6 Å². The van der Waals surface area contributed by atoms with E-state index in [1.807, 2.05) is 19.6 Å². The fourth-order valence-electron chi connectivity index (χ4n) is 4.26. The number of imidazole rings is 1. The fraction of sp³-hybridized carbons (Fsp3) is 0.684. The first-order chi connectivity index (χ1) is 13.3. The van der Waals surface area contributed by atoms with Crippen molar-refractivity contribution >= 4 is 5.96 Å². The van der Waals surface area contributed by atoms with Crippen LogP contribution in [0.3, 0.4) is 0 Å². The normalized spacial score (nSPS) is 23.8. The molecule has 0 aliphatic carbocycles. The molecule has 2 atom stereocenters. The number of likely N-dealkylation sites (tertiary alicyclic amines) is 1. The van der Waals surface area contributed by atoms with Crippen molar-refractivity contribution in [3.8, 4) is 0 Å². The number of nitrogens with zero attached hydrogens (tertiary/aromatic N) is 7. The molecule has 146 valence electrons. The molecule has 2 aliphatic rings. The van der Waals surface area contributed by atoms with Gasteiger partial charge in [0.25, 0.3) is 0 Å². The summed E-state index contributed by atoms with van der Waals surface area (Å²) in [4.78, 5) is 11.1. The van der Waals surface area contributed by atoms with Gasteiger partial charge < -0.3 is 19.4 Å². The zero-order valence-corrected chi connectivity index (χ0v) is 16.4. The second-order valence-corrected chi connectivity index (χ2v) is 7.68. The average molecular weight is 371 g/mol. The summed E-state index contributed by atoms with van der Waals surface area (Å²) in [5, 5.41) is 12.3. The monoisotopic (exact) mass is 370 g/mol. The van der Waals surface area contributed by atoms with Crippen molar-refractivity contribution in [3.05, 3.63) is 30.4 Å². The van der Waals surface area contributed by atoms with Gasteiger partial charge in [-0.1, -0.05) is 13.3 Å². The van der Waals surface area contributed by atoms with E-state index in [1.165, 1.54) is 19.3 Å². The van der Waals surface area contributed by atoms with E-state index in [0.717, 1.165) is 50.1 Å². The Kier molecular flexibility index (Phi) is 5.40. The topological polar surface area (TPSA) is 76.2 Å². The van der Waals surface area contributed by atoms with Crippen molar-refractivity contribution in [3.63, 3.8) is 0 Å². The summed E-state index contributed by atoms with van der Waals surface area (Å²) in [6, 6.07) is 0.421. The summed E-state index contributed by atoms with van der Waals surface area (Å²) in [6.07, 6.45) is 11.7. The lowest BCUT2D eigenvalue weighted by molar-refractivity contribution is 0.189. The summed E-state index contributed by atoms with van der Waals surface area (Å²) in [6.45, 7) is 5.98. The SMILES string of the molecule is CN=C(NCc1nnc2n1CCCCC2)N1CCC(C)C(n2ccnc2)C1. The molecule has 2 unspecified atom stereocenters. The zero-order chi connectivity index (χ0) is 18.6. The predicted octanol–water partition coefficient (Wildman–Crippen LogP) is 1.86. The largest absolute Gasteiger partial charge is 0.349 e. The molecule has 0 aromatic carbocycles. The highest BCUT2D eigenvalue weighted by Crippen LogP contribution is 2.27. The molecular weight excluding hydrogens is 340 g/mol. The number of aliphatic imine (C=N–C) groups is 1. The molecule has 0 saturated carbocycles. The molecule has 4 rings (SSSR count). The number of fused-ring (bicyclic) bond motifs is 1. The maximum atomic E-state index is 4.53. The molecule has 1 fully saturated rings. The first-order valence-corrected chi connectivity index (χ1v) is 10.1. The van der Waals surface area contributed by atoms with Crippen LogP contribution in [0, 0.1) is 5.92 Å². The first-order valence-electron chi connectivity index (χ1n) is 10.1. The van der Waals surface area contributed by atoms with Crippen molar-refractivity contribution in [2.45, 2.75) is 58.2 Å². The Balaban J connectivity index is 1.42. The molecule has 27 heavy (non-hydrogen) atoms. The lowest BCUT2D eigenvalue weighted by Gasteiger charge is -2.39. The maximum Gasteiger partial charge on any atom is 0.194 e. The van der Waals surface area contributed by atoms with Crippen LogP contribution < -0.4 is 5.32 Å². The molecule has 2 aliphatic heterocycles. The van der Waals surface area contributed by atoms with Crippen LogP contribution in [-0.4, -0.2) is 55.3 Å². The molecule has 1 saturated heterocycles. The Morgan fingerprint density at radius 3 is 3.00 bits per heavy atom. The Hall–Kier alpha value is -2.38. The lowest BCUT2D eigenvalue weighted by atomic mass is 9.93. The van der Waals surface area contributed by atoms with Crippen molar-refractivity contribution in [1.82, 2.24) is 34.5 Å². The third-order valence-electron chi connectivity index (χ3n) is 5.93. The first kappa shape index (κ1) is 18.0. The van der Waals surface area contributed by atoms with Crippen LogP contribution in [0.4, 0.5) is 0 Å². The molecule has 2 aromatic rings. The van der Waals surface area contributed by atoms with Crippen LogP contribution >= 0.6 is 0 Å². The molecule has 8 heteroatoms. The molecule has 2 aromatic heterocycles. The zero-order valence-electron chi connectivity index (χ0n) is 16.4. The minimum Gasteiger partial charge on any atom is -0.349 e. The number of piperidine rings is 1. The molecular formula is C19H30N8. The summed E-state index contributed by atoms with van der Waals surface area (Å²) in [7, 11) is 1.86. The van der Waals surface area contributed by atoms with Crippen molar-refractivity contribution in [1.29, 1.82) is 0 Å². The molecule has 0 radical (unpaired) electrons. The van der Waals surface area contributed by atoms with Crippen LogP contribution in [-0.2, 0) is 19.5 Å². The molecule has 0 amide bonds. The average Bonchev–Trinajstić information content (AvgIpc) is 3.29. The van der Waals surface area contributed by atoms with Crippen LogP contribution in [0.25, 0.3) is 0 Å². The second kappa shape index (κ2) is 8.10. The van der Waals surface area contributed by atoms with E-state index < -0.39 is 0 Å². The number of rotatable bonds is 3. The van der Waals surface area contributed by atoms with Gasteiger partial charge in [0, 0.05) is 45.5 Å². The predicted molar refractivity (Wildman–Crippen MR) is 104 cm³/mol. The van der Waals surface area contributed by atoms with Gasteiger partial charge in [-0.3, -0.25) is 4.99 Å². The number of aromatic nitrogens is 5. The minimum absolute atomic E-state index is 0.421. The third kappa shape index (κ3) is 3.84. The molecule has 1 N–H and O–H groups in total. The Morgan fingerprint density at radius 1 is 1.26 bits per heavy atom. The van der Waals surface area contributed by atoms with Gasteiger partial charge in [-0.15, -0.1) is 10.2 Å². The minimum atomic E-state index is 0.421. The highest BCUT2D eigenvalue weighted by molar-refractivity contribution is 5.79. The Bertz CT molecular complexity index is 763. The summed E-state index contributed by atoms with van der Waals surface area (Å²) in [5.74, 6) is 3.72. The summed E-state index contributed by atoms with van der Waals surface area (Å²) < 4.78 is 4.52. The van der Waals surface area contributed by atoms with Gasteiger partial charge in [0.05, 0.1) is 18.9 Å². The van der Waals surface area contributed by atoms with Gasteiger partial charge in [-0.2, -0.15) is 0 Å². The van der Waals surface area contributed by atoms with Gasteiger partial charge in [0.2, 0.25) is 0 Å². The van der Waals surface area contributed by atoms with Gasteiger partial charge in [0.1, 0.15) is 5.82 Å². The third-order valence-corrected chi connectivity index (χ3v) is 5.93. The summed E-state index contributed by atoms with van der Waals surface area (Å²) >= 11 is 0. The summed E-state index contributed by atoms with van der Waals surface area (Å²) in [5.41, 5.74) is 0. The molecule has 0 bridgehead atoms. The fourth-order valence-corrected chi connectivity index (χ4v) is 4.26. The molecule has 0 spiro atoms. The second-order valence-electron chi connectivity index (χ2n) is 7.68. The van der Waals surface area contributed by atoms with E-state index in [9.17, 15) is 0 Å². The van der Waals surface area contributed by atoms with Crippen LogP contribution in [0.2, 0.25) is 0 Å². The van der Waals surface area contributed by atoms with Crippen molar-refractivity contribution < 1.29 is 0 Å². The highest BCUT2D eigenvalue weighted by atomic mass is 15.3. The molecule has 8 nitrogen and oxygen atoms in total. The standard InChI is InChI=1S/C19H30N8/c1-15-7-10-25(13-16(15)26-11-8-21-14-26)19(20-2)22-12-18-24-23-17-6-4-3-5-9-27(17)18/h8,11,14-16H,3-7,9-10,12-13H2,1-2H3,(H,20,22). The van der Waals surface area contributed by atoms with E-state index in [-0.39, 0.29) is 0 Å².